The lowest BCUT2D eigenvalue weighted by atomic mass is 10.1. The van der Waals surface area contributed by atoms with Crippen LogP contribution in [0.25, 0.3) is 16.9 Å². The predicted octanol–water partition coefficient (Wildman–Crippen LogP) is 5.26. The zero-order chi connectivity index (χ0) is 19.0. The number of hydrogen-bond acceptors (Lipinski definition) is 3. The summed E-state index contributed by atoms with van der Waals surface area (Å²) in [4.78, 5) is 17.0. The molecule has 4 rings (SSSR count). The number of hydrogen-bond donors (Lipinski definition) is 1. The molecule has 4 aromatic rings. The molecular weight excluding hydrogens is 383 g/mol. The van der Waals surface area contributed by atoms with Gasteiger partial charge >= 0.3 is 0 Å². The third-order valence-electron chi connectivity index (χ3n) is 4.17. The number of halogens is 2. The summed E-state index contributed by atoms with van der Waals surface area (Å²) >= 11 is 11.9. The molecule has 5 nitrogen and oxygen atoms in total. The lowest BCUT2D eigenvalue weighted by molar-refractivity contribution is 0.102. The highest BCUT2D eigenvalue weighted by Crippen LogP contribution is 2.26. The molecule has 0 unspecified atom stereocenters. The van der Waals surface area contributed by atoms with Gasteiger partial charge in [0.1, 0.15) is 5.56 Å². The zero-order valence-corrected chi connectivity index (χ0v) is 15.8. The smallest absolute Gasteiger partial charge is 0.261 e. The van der Waals surface area contributed by atoms with Gasteiger partial charge in [-0.1, -0.05) is 53.0 Å². The van der Waals surface area contributed by atoms with Crippen molar-refractivity contribution in [3.63, 3.8) is 0 Å². The first-order chi connectivity index (χ1) is 13.0. The Balaban J connectivity index is 1.70. The molecule has 0 bridgehead atoms. The molecule has 0 fully saturated rings. The predicted molar refractivity (Wildman–Crippen MR) is 108 cm³/mol. The van der Waals surface area contributed by atoms with Gasteiger partial charge in [-0.15, -0.1) is 0 Å². The summed E-state index contributed by atoms with van der Waals surface area (Å²) in [6.45, 7) is 2.03. The fourth-order valence-electron chi connectivity index (χ4n) is 2.77. The van der Waals surface area contributed by atoms with Gasteiger partial charge in [0, 0.05) is 17.4 Å². The maximum Gasteiger partial charge on any atom is 0.261 e. The molecule has 27 heavy (non-hydrogen) atoms. The molecule has 0 saturated heterocycles. The second kappa shape index (κ2) is 7.02. The van der Waals surface area contributed by atoms with Gasteiger partial charge in [0.05, 0.1) is 21.9 Å². The monoisotopic (exact) mass is 396 g/mol. The number of fused-ring (bicyclic) bond motifs is 1. The van der Waals surface area contributed by atoms with Crippen LogP contribution in [0, 0.1) is 6.92 Å². The highest BCUT2D eigenvalue weighted by atomic mass is 35.5. The van der Waals surface area contributed by atoms with Crippen LogP contribution in [0.3, 0.4) is 0 Å². The summed E-state index contributed by atoms with van der Waals surface area (Å²) in [5.74, 6) is -0.322. The molecular formula is C20H14Cl2N4O. The summed E-state index contributed by atoms with van der Waals surface area (Å²) in [5.41, 5.74) is 4.41. The van der Waals surface area contributed by atoms with E-state index in [0.29, 0.717) is 26.9 Å². The average molecular weight is 397 g/mol. The number of nitrogens with zero attached hydrogens (tertiary/aromatic N) is 3. The summed E-state index contributed by atoms with van der Waals surface area (Å²) < 4.78 is 1.66. The minimum Gasteiger partial charge on any atom is -0.322 e. The van der Waals surface area contributed by atoms with Crippen molar-refractivity contribution in [1.29, 1.82) is 0 Å². The lowest BCUT2D eigenvalue weighted by Crippen LogP contribution is -2.12. The van der Waals surface area contributed by atoms with Crippen LogP contribution in [0.5, 0.6) is 0 Å². The quantitative estimate of drug-likeness (QED) is 0.513. The van der Waals surface area contributed by atoms with Gasteiger partial charge in [0.15, 0.2) is 5.65 Å². The molecule has 0 atom stereocenters. The maximum atomic E-state index is 12.7. The van der Waals surface area contributed by atoms with E-state index in [2.05, 4.69) is 15.4 Å². The fourth-order valence-corrected chi connectivity index (χ4v) is 3.06. The van der Waals surface area contributed by atoms with E-state index >= 15 is 0 Å². The molecule has 0 radical (unpaired) electrons. The van der Waals surface area contributed by atoms with Crippen LogP contribution < -0.4 is 5.32 Å². The largest absolute Gasteiger partial charge is 0.322 e. The summed E-state index contributed by atoms with van der Waals surface area (Å²) in [6, 6.07) is 14.9. The second-order valence-electron chi connectivity index (χ2n) is 6.07. The Morgan fingerprint density at radius 1 is 1.04 bits per heavy atom. The summed E-state index contributed by atoms with van der Waals surface area (Å²) in [7, 11) is 0. The van der Waals surface area contributed by atoms with E-state index in [1.165, 1.54) is 11.8 Å². The van der Waals surface area contributed by atoms with Crippen molar-refractivity contribution in [1.82, 2.24) is 14.6 Å². The van der Waals surface area contributed by atoms with Crippen LogP contribution in [0.2, 0.25) is 10.0 Å². The van der Waals surface area contributed by atoms with Crippen LogP contribution in [0.15, 0.2) is 60.9 Å². The number of carbonyl (C=O) groups excluding carboxylic acids is 1. The van der Waals surface area contributed by atoms with E-state index < -0.39 is 0 Å². The summed E-state index contributed by atoms with van der Waals surface area (Å²) in [6.07, 6.45) is 3.18. The van der Waals surface area contributed by atoms with Crippen molar-refractivity contribution in [2.45, 2.75) is 6.92 Å². The zero-order valence-electron chi connectivity index (χ0n) is 14.3. The third kappa shape index (κ3) is 3.39. The highest BCUT2D eigenvalue weighted by molar-refractivity contribution is 6.42. The van der Waals surface area contributed by atoms with Crippen LogP contribution in [-0.4, -0.2) is 20.5 Å². The molecule has 2 heterocycles. The van der Waals surface area contributed by atoms with Gasteiger partial charge in [-0.2, -0.15) is 5.10 Å². The number of anilines is 1. The van der Waals surface area contributed by atoms with E-state index in [1.807, 2.05) is 37.3 Å². The SMILES string of the molecule is Cc1ccc(-c2ccnc3c(C(=O)Nc4ccc(Cl)c(Cl)c4)cnn23)cc1. The third-order valence-corrected chi connectivity index (χ3v) is 4.91. The van der Waals surface area contributed by atoms with Gasteiger partial charge in [0.2, 0.25) is 0 Å². The number of aryl methyl sites for hydroxylation is 1. The fraction of sp³-hybridized carbons (Fsp3) is 0.0500. The van der Waals surface area contributed by atoms with Gasteiger partial charge in [0.25, 0.3) is 5.91 Å². The molecule has 7 heteroatoms. The van der Waals surface area contributed by atoms with Crippen molar-refractivity contribution in [2.24, 2.45) is 0 Å². The Morgan fingerprint density at radius 3 is 2.56 bits per heavy atom. The molecule has 0 aliphatic heterocycles. The Labute approximate surface area is 165 Å². The van der Waals surface area contributed by atoms with Gasteiger partial charge in [-0.3, -0.25) is 4.79 Å². The first-order valence-corrected chi connectivity index (χ1v) is 8.95. The molecule has 0 aliphatic carbocycles. The first kappa shape index (κ1) is 17.5. The van der Waals surface area contributed by atoms with Crippen LogP contribution in [-0.2, 0) is 0 Å². The van der Waals surface area contributed by atoms with Crippen molar-refractivity contribution < 1.29 is 4.79 Å². The minimum absolute atomic E-state index is 0.322. The molecule has 0 saturated carbocycles. The number of rotatable bonds is 3. The standard InChI is InChI=1S/C20H14Cl2N4O/c1-12-2-4-13(5-3-12)18-8-9-23-19-15(11-24-26(18)19)20(27)25-14-6-7-16(21)17(22)10-14/h2-11H,1H3,(H,25,27). The van der Waals surface area contributed by atoms with Crippen LogP contribution in [0.1, 0.15) is 15.9 Å². The van der Waals surface area contributed by atoms with Gasteiger partial charge < -0.3 is 5.32 Å². The molecule has 1 N–H and O–H groups in total. The maximum absolute atomic E-state index is 12.7. The summed E-state index contributed by atoms with van der Waals surface area (Å²) in [5, 5.41) is 7.95. The highest BCUT2D eigenvalue weighted by Gasteiger charge is 2.16. The molecule has 134 valence electrons. The Hall–Kier alpha value is -2.89. The van der Waals surface area contributed by atoms with Gasteiger partial charge in [-0.05, 0) is 31.2 Å². The number of carbonyl (C=O) groups is 1. The normalized spacial score (nSPS) is 10.9. The lowest BCUT2D eigenvalue weighted by Gasteiger charge is -2.07. The Morgan fingerprint density at radius 2 is 1.81 bits per heavy atom. The Kier molecular flexibility index (Phi) is 4.56. The Bertz CT molecular complexity index is 1150. The second-order valence-corrected chi connectivity index (χ2v) is 6.89. The van der Waals surface area contributed by atoms with Gasteiger partial charge in [-0.25, -0.2) is 9.50 Å². The van der Waals surface area contributed by atoms with Crippen molar-refractivity contribution >= 4 is 40.4 Å². The van der Waals surface area contributed by atoms with E-state index in [-0.39, 0.29) is 5.91 Å². The molecule has 2 aromatic heterocycles. The number of amides is 1. The number of aromatic nitrogens is 3. The topological polar surface area (TPSA) is 59.3 Å². The average Bonchev–Trinajstić information content (AvgIpc) is 3.10. The minimum atomic E-state index is -0.322. The van der Waals surface area contributed by atoms with E-state index in [0.717, 1.165) is 11.3 Å². The van der Waals surface area contributed by atoms with Crippen LogP contribution in [0.4, 0.5) is 5.69 Å². The number of benzene rings is 2. The molecule has 0 spiro atoms. The molecule has 1 amide bonds. The van der Waals surface area contributed by atoms with E-state index in [9.17, 15) is 4.79 Å². The van der Waals surface area contributed by atoms with Crippen molar-refractivity contribution in [2.75, 3.05) is 5.32 Å². The first-order valence-electron chi connectivity index (χ1n) is 8.19. The number of nitrogens with one attached hydrogen (secondary N) is 1. The molecule has 2 aromatic carbocycles. The van der Waals surface area contributed by atoms with Crippen molar-refractivity contribution in [3.8, 4) is 11.3 Å². The van der Waals surface area contributed by atoms with E-state index in [4.69, 9.17) is 23.2 Å². The van der Waals surface area contributed by atoms with Crippen molar-refractivity contribution in [3.05, 3.63) is 82.1 Å². The molecule has 0 aliphatic rings. The van der Waals surface area contributed by atoms with Crippen LogP contribution >= 0.6 is 23.2 Å². The van der Waals surface area contributed by atoms with E-state index in [1.54, 1.807) is 28.9 Å².